The van der Waals surface area contributed by atoms with Crippen LogP contribution in [0.3, 0.4) is 0 Å². The van der Waals surface area contributed by atoms with Gasteiger partial charge in [0, 0.05) is 19.1 Å². The zero-order valence-corrected chi connectivity index (χ0v) is 11.5. The van der Waals surface area contributed by atoms with E-state index in [0.29, 0.717) is 12.1 Å². The Morgan fingerprint density at radius 2 is 1.83 bits per heavy atom. The van der Waals surface area contributed by atoms with Crippen molar-refractivity contribution in [2.45, 2.75) is 26.8 Å². The zero-order valence-electron chi connectivity index (χ0n) is 11.5. The highest BCUT2D eigenvalue weighted by molar-refractivity contribution is 5.21. The van der Waals surface area contributed by atoms with Crippen LogP contribution in [-0.4, -0.2) is 25.0 Å². The number of benzene rings is 1. The maximum atomic E-state index is 13.2. The van der Waals surface area contributed by atoms with Gasteiger partial charge in [0.15, 0.2) is 11.6 Å². The third-order valence-electron chi connectivity index (χ3n) is 2.81. The Balaban J connectivity index is 2.91. The van der Waals surface area contributed by atoms with Crippen LogP contribution in [0.5, 0.6) is 0 Å². The van der Waals surface area contributed by atoms with Gasteiger partial charge < -0.3 is 5.73 Å². The smallest absolute Gasteiger partial charge is 0.159 e. The molecule has 0 bridgehead atoms. The fourth-order valence-electron chi connectivity index (χ4n) is 2.15. The first-order valence-corrected chi connectivity index (χ1v) is 6.10. The van der Waals surface area contributed by atoms with Gasteiger partial charge in [-0.15, -0.1) is 0 Å². The first kappa shape index (κ1) is 15.1. The normalized spacial score (nSPS) is 14.0. The van der Waals surface area contributed by atoms with Crippen molar-refractivity contribution in [1.29, 1.82) is 0 Å². The molecule has 0 aliphatic heterocycles. The van der Waals surface area contributed by atoms with Crippen molar-refractivity contribution in [3.63, 3.8) is 0 Å². The summed E-state index contributed by atoms with van der Waals surface area (Å²) in [5.41, 5.74) is 6.59. The van der Waals surface area contributed by atoms with E-state index in [4.69, 9.17) is 5.73 Å². The molecule has 1 aromatic rings. The molecule has 0 aliphatic rings. The van der Waals surface area contributed by atoms with Crippen molar-refractivity contribution in [2.75, 3.05) is 20.1 Å². The van der Waals surface area contributed by atoms with Crippen LogP contribution < -0.4 is 5.73 Å². The molecule has 1 atom stereocenters. The number of halogens is 2. The molecular weight excluding hydrogens is 234 g/mol. The van der Waals surface area contributed by atoms with E-state index >= 15 is 0 Å². The molecule has 2 nitrogen and oxygen atoms in total. The predicted octanol–water partition coefficient (Wildman–Crippen LogP) is 2.94. The number of nitrogens with two attached hydrogens (primary N) is 1. The van der Waals surface area contributed by atoms with E-state index in [9.17, 15) is 8.78 Å². The minimum atomic E-state index is -0.826. The molecule has 0 fully saturated rings. The molecule has 0 amide bonds. The molecule has 18 heavy (non-hydrogen) atoms. The van der Waals surface area contributed by atoms with Crippen LogP contribution in [-0.2, 0) is 0 Å². The van der Waals surface area contributed by atoms with Crippen LogP contribution in [0.1, 0.15) is 32.4 Å². The third-order valence-corrected chi connectivity index (χ3v) is 2.81. The highest BCUT2D eigenvalue weighted by atomic mass is 19.2. The molecule has 4 heteroatoms. The van der Waals surface area contributed by atoms with Gasteiger partial charge in [0.2, 0.25) is 0 Å². The van der Waals surface area contributed by atoms with Crippen molar-refractivity contribution < 1.29 is 8.78 Å². The Morgan fingerprint density at radius 1 is 1.22 bits per heavy atom. The van der Waals surface area contributed by atoms with E-state index in [2.05, 4.69) is 25.7 Å². The molecule has 1 unspecified atom stereocenters. The lowest BCUT2D eigenvalue weighted by molar-refractivity contribution is 0.175. The zero-order chi connectivity index (χ0) is 13.9. The number of likely N-dealkylation sites (N-methyl/N-ethyl adjacent to an activating group) is 1. The monoisotopic (exact) mass is 256 g/mol. The fourth-order valence-corrected chi connectivity index (χ4v) is 2.15. The van der Waals surface area contributed by atoms with Crippen LogP contribution in [0.25, 0.3) is 0 Å². The quantitative estimate of drug-likeness (QED) is 0.897. The molecule has 0 spiro atoms. The van der Waals surface area contributed by atoms with Gasteiger partial charge in [-0.25, -0.2) is 8.78 Å². The summed E-state index contributed by atoms with van der Waals surface area (Å²) in [7, 11) is 1.95. The lowest BCUT2D eigenvalue weighted by Crippen LogP contribution is -2.36. The maximum absolute atomic E-state index is 13.2. The van der Waals surface area contributed by atoms with Gasteiger partial charge in [-0.1, -0.05) is 26.8 Å². The maximum Gasteiger partial charge on any atom is 0.159 e. The Kier molecular flexibility index (Phi) is 4.82. The van der Waals surface area contributed by atoms with Crippen molar-refractivity contribution in [3.05, 3.63) is 35.4 Å². The average molecular weight is 256 g/mol. The van der Waals surface area contributed by atoms with Crippen LogP contribution in [0, 0.1) is 17.0 Å². The molecule has 1 aromatic carbocycles. The van der Waals surface area contributed by atoms with Gasteiger partial charge in [0.25, 0.3) is 0 Å². The molecule has 0 saturated carbocycles. The lowest BCUT2D eigenvalue weighted by Gasteiger charge is -2.33. The van der Waals surface area contributed by atoms with E-state index in [-0.39, 0.29) is 11.5 Å². The minimum absolute atomic E-state index is 0.0978. The van der Waals surface area contributed by atoms with E-state index < -0.39 is 11.6 Å². The number of hydrogen-bond acceptors (Lipinski definition) is 2. The Hall–Kier alpha value is -1.00. The minimum Gasteiger partial charge on any atom is -0.329 e. The van der Waals surface area contributed by atoms with E-state index in [0.717, 1.165) is 12.6 Å². The summed E-state index contributed by atoms with van der Waals surface area (Å²) in [5, 5.41) is 0. The van der Waals surface area contributed by atoms with E-state index in [1.807, 2.05) is 7.05 Å². The molecule has 0 saturated heterocycles. The van der Waals surface area contributed by atoms with Gasteiger partial charge >= 0.3 is 0 Å². The van der Waals surface area contributed by atoms with Crippen LogP contribution in [0.15, 0.2) is 18.2 Å². The SMILES string of the molecule is CN(CC(C)(C)C)C(CN)c1ccc(F)c(F)c1. The van der Waals surface area contributed by atoms with Gasteiger partial charge in [-0.3, -0.25) is 4.90 Å². The van der Waals surface area contributed by atoms with Gasteiger partial charge in [-0.2, -0.15) is 0 Å². The summed E-state index contributed by atoms with van der Waals surface area (Å²) in [6.07, 6.45) is 0. The van der Waals surface area contributed by atoms with Crippen LogP contribution >= 0.6 is 0 Å². The molecule has 0 heterocycles. The fraction of sp³-hybridized carbons (Fsp3) is 0.571. The predicted molar refractivity (Wildman–Crippen MR) is 70.2 cm³/mol. The lowest BCUT2D eigenvalue weighted by atomic mass is 9.94. The van der Waals surface area contributed by atoms with Gasteiger partial charge in [0.1, 0.15) is 0 Å². The van der Waals surface area contributed by atoms with Crippen LogP contribution in [0.2, 0.25) is 0 Å². The Labute approximate surface area is 108 Å². The molecule has 102 valence electrons. The van der Waals surface area contributed by atoms with E-state index in [1.165, 1.54) is 6.07 Å². The average Bonchev–Trinajstić information content (AvgIpc) is 2.21. The number of hydrogen-bond donors (Lipinski definition) is 1. The first-order chi connectivity index (χ1) is 8.24. The van der Waals surface area contributed by atoms with Crippen molar-refractivity contribution >= 4 is 0 Å². The second kappa shape index (κ2) is 5.76. The summed E-state index contributed by atoms with van der Waals surface area (Å²) in [5.74, 6) is -1.65. The Morgan fingerprint density at radius 3 is 2.28 bits per heavy atom. The molecular formula is C14H22F2N2. The highest BCUT2D eigenvalue weighted by Gasteiger charge is 2.21. The third kappa shape index (κ3) is 4.03. The summed E-state index contributed by atoms with van der Waals surface area (Å²) in [6, 6.07) is 3.87. The van der Waals surface area contributed by atoms with E-state index in [1.54, 1.807) is 6.07 Å². The first-order valence-electron chi connectivity index (χ1n) is 6.10. The summed E-state index contributed by atoms with van der Waals surface area (Å²) in [4.78, 5) is 2.08. The second-order valence-electron chi connectivity index (χ2n) is 5.90. The summed E-state index contributed by atoms with van der Waals surface area (Å²) >= 11 is 0. The molecule has 0 aliphatic carbocycles. The molecule has 0 aromatic heterocycles. The summed E-state index contributed by atoms with van der Waals surface area (Å²) < 4.78 is 26.2. The number of nitrogens with zero attached hydrogens (tertiary/aromatic N) is 1. The summed E-state index contributed by atoms with van der Waals surface area (Å²) in [6.45, 7) is 7.58. The highest BCUT2D eigenvalue weighted by Crippen LogP contribution is 2.24. The van der Waals surface area contributed by atoms with Crippen molar-refractivity contribution in [1.82, 2.24) is 4.90 Å². The standard InChI is InChI=1S/C14H22F2N2/c1-14(2,3)9-18(4)13(8-17)10-5-6-11(15)12(16)7-10/h5-7,13H,8-9,17H2,1-4H3. The second-order valence-corrected chi connectivity index (χ2v) is 5.90. The molecule has 0 radical (unpaired) electrons. The van der Waals surface area contributed by atoms with Crippen LogP contribution in [0.4, 0.5) is 8.78 Å². The number of rotatable bonds is 4. The topological polar surface area (TPSA) is 29.3 Å². The van der Waals surface area contributed by atoms with Gasteiger partial charge in [0.05, 0.1) is 0 Å². The van der Waals surface area contributed by atoms with Gasteiger partial charge in [-0.05, 0) is 30.2 Å². The Bertz CT molecular complexity index is 399. The molecule has 2 N–H and O–H groups in total. The molecule has 1 rings (SSSR count). The van der Waals surface area contributed by atoms with Crippen molar-refractivity contribution in [2.24, 2.45) is 11.1 Å². The van der Waals surface area contributed by atoms with Crippen molar-refractivity contribution in [3.8, 4) is 0 Å². The largest absolute Gasteiger partial charge is 0.329 e.